The number of rotatable bonds is 10. The summed E-state index contributed by atoms with van der Waals surface area (Å²) in [5.41, 5.74) is 2.06. The third-order valence-corrected chi connectivity index (χ3v) is 10.0. The Morgan fingerprint density at radius 1 is 1.13 bits per heavy atom. The number of amides is 1. The summed E-state index contributed by atoms with van der Waals surface area (Å²) >= 11 is 0. The fourth-order valence-corrected chi connectivity index (χ4v) is 8.06. The van der Waals surface area contributed by atoms with E-state index in [4.69, 9.17) is 25.6 Å². The van der Waals surface area contributed by atoms with Crippen molar-refractivity contribution in [2.75, 3.05) is 56.3 Å². The molecule has 0 saturated carbocycles. The van der Waals surface area contributed by atoms with Crippen LogP contribution in [0.15, 0.2) is 42.5 Å². The Bertz CT molecular complexity index is 1700. The van der Waals surface area contributed by atoms with Gasteiger partial charge in [-0.25, -0.2) is 22.6 Å². The third-order valence-electron chi connectivity index (χ3n) is 7.95. The molecule has 1 spiro atoms. The molecule has 5 rings (SSSR count). The number of fused-ring (bicyclic) bond motifs is 1. The zero-order valence-electron chi connectivity index (χ0n) is 26.3. The van der Waals surface area contributed by atoms with Crippen LogP contribution in [-0.4, -0.2) is 81.4 Å². The molecular weight excluding hydrogens is 597 g/mol. The van der Waals surface area contributed by atoms with Crippen molar-refractivity contribution in [3.63, 3.8) is 0 Å². The Kier molecular flexibility index (Phi) is 9.17. The summed E-state index contributed by atoms with van der Waals surface area (Å²) in [6, 6.07) is 12.5. The molecule has 9 nitrogen and oxygen atoms in total. The van der Waals surface area contributed by atoms with Crippen molar-refractivity contribution in [2.45, 2.75) is 45.6 Å². The van der Waals surface area contributed by atoms with Gasteiger partial charge < -0.3 is 24.0 Å². The van der Waals surface area contributed by atoms with Crippen LogP contribution < -0.4 is 14.4 Å². The Balaban J connectivity index is 1.37. The van der Waals surface area contributed by atoms with Gasteiger partial charge in [-0.3, -0.25) is 0 Å². The quantitative estimate of drug-likeness (QED) is 0.206. The summed E-state index contributed by atoms with van der Waals surface area (Å²) in [7, 11) is -1.33. The monoisotopic (exact) mass is 637 g/mol. The second kappa shape index (κ2) is 12.8. The summed E-state index contributed by atoms with van der Waals surface area (Å²) in [5, 5.41) is 0.639. The van der Waals surface area contributed by atoms with E-state index in [1.807, 2.05) is 51.1 Å². The van der Waals surface area contributed by atoms with Crippen LogP contribution in [0, 0.1) is 23.6 Å². The number of nitrogens with zero attached hydrogens (tertiary/aromatic N) is 3. The Morgan fingerprint density at radius 3 is 2.53 bits per heavy atom. The molecule has 2 aliphatic rings. The number of hydrogen-bond donors (Lipinski definition) is 0. The van der Waals surface area contributed by atoms with Crippen molar-refractivity contribution in [1.29, 1.82) is 0 Å². The van der Waals surface area contributed by atoms with Gasteiger partial charge in [0.1, 0.15) is 18.0 Å². The molecule has 2 fully saturated rings. The van der Waals surface area contributed by atoms with Crippen molar-refractivity contribution in [1.82, 2.24) is 9.88 Å². The average Bonchev–Trinajstić information content (AvgIpc) is 3.37. The minimum absolute atomic E-state index is 0.109. The molecule has 0 aliphatic carbocycles. The first-order chi connectivity index (χ1) is 21.3. The van der Waals surface area contributed by atoms with Gasteiger partial charge in [0.15, 0.2) is 21.4 Å². The van der Waals surface area contributed by atoms with Crippen molar-refractivity contribution >= 4 is 32.5 Å². The molecular formula is C34H40FN3O6S. The van der Waals surface area contributed by atoms with E-state index in [0.29, 0.717) is 54.8 Å². The molecule has 45 heavy (non-hydrogen) atoms. The zero-order valence-corrected chi connectivity index (χ0v) is 27.1. The zero-order chi connectivity index (χ0) is 32.4. The van der Waals surface area contributed by atoms with Crippen LogP contribution in [0.4, 0.5) is 14.9 Å². The number of aromatic nitrogens is 1. The van der Waals surface area contributed by atoms with Gasteiger partial charge in [0.25, 0.3) is 0 Å². The number of carbonyl (C=O) groups is 1. The number of terminal acetylenes is 1. The number of carbonyl (C=O) groups excluding carboxylic acids is 1. The second-order valence-electron chi connectivity index (χ2n) is 13.0. The fourth-order valence-electron chi connectivity index (χ4n) is 5.81. The molecule has 1 aromatic heterocycles. The van der Waals surface area contributed by atoms with Gasteiger partial charge in [0.05, 0.1) is 35.9 Å². The molecule has 2 saturated heterocycles. The van der Waals surface area contributed by atoms with E-state index in [0.717, 1.165) is 17.7 Å². The highest BCUT2D eigenvalue weighted by molar-refractivity contribution is 7.92. The molecule has 3 heterocycles. The Hall–Kier alpha value is -4.04. The molecule has 0 unspecified atom stereocenters. The van der Waals surface area contributed by atoms with Gasteiger partial charge >= 0.3 is 6.09 Å². The summed E-state index contributed by atoms with van der Waals surface area (Å²) in [4.78, 5) is 20.7. The van der Waals surface area contributed by atoms with E-state index < -0.39 is 27.3 Å². The van der Waals surface area contributed by atoms with E-state index in [9.17, 15) is 13.2 Å². The van der Waals surface area contributed by atoms with Crippen LogP contribution >= 0.6 is 0 Å². The highest BCUT2D eigenvalue weighted by Gasteiger charge is 2.52. The number of ether oxygens (including phenoxy) is 3. The predicted octanol–water partition coefficient (Wildman–Crippen LogP) is 5.70. The van der Waals surface area contributed by atoms with E-state index in [1.165, 1.54) is 11.0 Å². The third kappa shape index (κ3) is 7.79. The molecule has 11 heteroatoms. The first-order valence-electron chi connectivity index (χ1n) is 15.1. The first-order valence-corrected chi connectivity index (χ1v) is 16.9. The van der Waals surface area contributed by atoms with Gasteiger partial charge in [-0.1, -0.05) is 0 Å². The number of hydrogen-bond acceptors (Lipinski definition) is 8. The Morgan fingerprint density at radius 2 is 1.87 bits per heavy atom. The molecule has 1 amide bonds. The van der Waals surface area contributed by atoms with Crippen molar-refractivity contribution in [3.8, 4) is 35.1 Å². The Labute approximate surface area is 264 Å². The second-order valence-corrected chi connectivity index (χ2v) is 15.0. The smallest absolute Gasteiger partial charge is 0.410 e. The van der Waals surface area contributed by atoms with Gasteiger partial charge in [0.2, 0.25) is 0 Å². The first kappa shape index (κ1) is 32.4. The lowest BCUT2D eigenvalue weighted by Crippen LogP contribution is -2.50. The van der Waals surface area contributed by atoms with Gasteiger partial charge in [-0.05, 0) is 70.0 Å². The standard InChI is InChI=1S/C34H40FN3O6S/c1-6-7-8-16-43-31-20-29-26(18-27(31)35)30(38-14-13-34(21-38)22-45(40,41)23-34)19-28(36-29)24-9-11-25(12-10-24)42-17-15-37(5)32(39)44-33(2,3)4/h1,9-12,18-20H,7-8,13-17,21-23H2,2-5H3. The van der Waals surface area contributed by atoms with Gasteiger partial charge in [0, 0.05) is 54.7 Å². The van der Waals surface area contributed by atoms with Crippen LogP contribution in [-0.2, 0) is 14.6 Å². The largest absolute Gasteiger partial charge is 0.492 e. The normalized spacial score (nSPS) is 16.7. The lowest BCUT2D eigenvalue weighted by molar-refractivity contribution is 0.0278. The number of likely N-dealkylation sites (N-methyl/N-ethyl adjacent to an activating group) is 1. The average molecular weight is 638 g/mol. The summed E-state index contributed by atoms with van der Waals surface area (Å²) in [5.74, 6) is 3.18. The van der Waals surface area contributed by atoms with Crippen LogP contribution in [0.1, 0.15) is 40.0 Å². The summed E-state index contributed by atoms with van der Waals surface area (Å²) in [6.45, 7) is 7.65. The maximum absolute atomic E-state index is 15.2. The molecule has 2 aliphatic heterocycles. The van der Waals surface area contributed by atoms with E-state index in [-0.39, 0.29) is 35.9 Å². The van der Waals surface area contributed by atoms with E-state index in [1.54, 1.807) is 13.1 Å². The number of sulfone groups is 1. The molecule has 2 aromatic carbocycles. The molecule has 0 bridgehead atoms. The van der Waals surface area contributed by atoms with Crippen LogP contribution in [0.2, 0.25) is 0 Å². The summed E-state index contributed by atoms with van der Waals surface area (Å²) in [6.07, 6.45) is 6.82. The molecule has 0 radical (unpaired) electrons. The van der Waals surface area contributed by atoms with Crippen molar-refractivity contribution in [3.05, 3.63) is 48.3 Å². The van der Waals surface area contributed by atoms with Crippen LogP contribution in [0.5, 0.6) is 11.5 Å². The number of benzene rings is 2. The van der Waals surface area contributed by atoms with Crippen LogP contribution in [0.3, 0.4) is 0 Å². The molecule has 240 valence electrons. The number of pyridine rings is 1. The van der Waals surface area contributed by atoms with E-state index in [2.05, 4.69) is 10.8 Å². The predicted molar refractivity (Wildman–Crippen MR) is 173 cm³/mol. The highest BCUT2D eigenvalue weighted by atomic mass is 32.2. The van der Waals surface area contributed by atoms with Gasteiger partial charge in [-0.15, -0.1) is 12.3 Å². The lowest BCUT2D eigenvalue weighted by atomic mass is 9.91. The summed E-state index contributed by atoms with van der Waals surface area (Å²) < 4.78 is 56.2. The number of halogens is 1. The minimum Gasteiger partial charge on any atom is -0.492 e. The number of anilines is 1. The minimum atomic E-state index is -2.99. The number of unbranched alkanes of at least 4 members (excludes halogenated alkanes) is 1. The van der Waals surface area contributed by atoms with E-state index >= 15 is 4.39 Å². The SMILES string of the molecule is C#CCCCOc1cc2nc(-c3ccc(OCCN(C)C(=O)OC(C)(C)C)cc3)cc(N3CCC4(C3)CS(=O)(=O)C4)c2cc1F. The topological polar surface area (TPSA) is 98.3 Å². The van der Waals surface area contributed by atoms with Crippen molar-refractivity contribution < 1.29 is 31.8 Å². The fraction of sp³-hybridized carbons (Fsp3) is 0.471. The van der Waals surface area contributed by atoms with Gasteiger partial charge in [-0.2, -0.15) is 0 Å². The molecule has 0 atom stereocenters. The lowest BCUT2D eigenvalue weighted by Gasteiger charge is -2.37. The highest BCUT2D eigenvalue weighted by Crippen LogP contribution is 2.45. The molecule has 3 aromatic rings. The van der Waals surface area contributed by atoms with Crippen LogP contribution in [0.25, 0.3) is 22.2 Å². The maximum Gasteiger partial charge on any atom is 0.410 e. The maximum atomic E-state index is 15.2. The molecule has 0 N–H and O–H groups in total. The van der Waals surface area contributed by atoms with Crippen molar-refractivity contribution in [2.24, 2.45) is 5.41 Å².